The highest BCUT2D eigenvalue weighted by Crippen LogP contribution is 2.35. The van der Waals surface area contributed by atoms with Crippen LogP contribution in [0.4, 0.5) is 19.0 Å². The monoisotopic (exact) mass is 284 g/mol. The number of halogens is 3. The van der Waals surface area contributed by atoms with Gasteiger partial charge in [-0.2, -0.15) is 9.37 Å². The van der Waals surface area contributed by atoms with Crippen molar-refractivity contribution in [3.8, 4) is 0 Å². The topological polar surface area (TPSA) is 24.9 Å². The number of thiophene rings is 1. The molecule has 3 rings (SSSR count). The summed E-state index contributed by atoms with van der Waals surface area (Å²) in [7, 11) is 0. The average Bonchev–Trinajstić information content (AvgIpc) is 2.85. The van der Waals surface area contributed by atoms with Crippen LogP contribution >= 0.6 is 11.3 Å². The van der Waals surface area contributed by atoms with Crippen LogP contribution in [0.3, 0.4) is 0 Å². The Balaban J connectivity index is 1.89. The van der Waals surface area contributed by atoms with Gasteiger partial charge in [0.25, 0.3) is 5.95 Å². The number of pyridine rings is 1. The molecule has 0 saturated heterocycles. The molecule has 0 radical (unpaired) electrons. The number of hydrogen-bond donors (Lipinski definition) is 1. The number of aryl methyl sites for hydroxylation is 1. The van der Waals surface area contributed by atoms with Crippen molar-refractivity contribution in [2.24, 2.45) is 0 Å². The molecule has 19 heavy (non-hydrogen) atoms. The predicted octanol–water partition coefficient (Wildman–Crippen LogP) is 4.05. The van der Waals surface area contributed by atoms with Gasteiger partial charge in [-0.1, -0.05) is 0 Å². The van der Waals surface area contributed by atoms with Gasteiger partial charge in [0.2, 0.25) is 0 Å². The van der Waals surface area contributed by atoms with Crippen LogP contribution in [-0.4, -0.2) is 4.98 Å². The van der Waals surface area contributed by atoms with E-state index in [9.17, 15) is 13.2 Å². The fourth-order valence-corrected chi connectivity index (χ4v) is 3.33. The molecule has 0 spiro atoms. The summed E-state index contributed by atoms with van der Waals surface area (Å²) >= 11 is 1.66. The summed E-state index contributed by atoms with van der Waals surface area (Å²) in [6.45, 7) is 0. The Morgan fingerprint density at radius 1 is 1.26 bits per heavy atom. The number of nitrogens with one attached hydrogen (secondary N) is 1. The standard InChI is InChI=1S/C13H11F3N2S/c14-8-6-9(15)13(18-12(8)16)17-10-2-1-3-11-7(10)4-5-19-11/h4-6,10H,1-3H2,(H,17,18). The summed E-state index contributed by atoms with van der Waals surface area (Å²) in [5.41, 5.74) is 1.10. The number of rotatable bonds is 2. The van der Waals surface area contributed by atoms with Gasteiger partial charge in [-0.25, -0.2) is 8.78 Å². The van der Waals surface area contributed by atoms with Crippen molar-refractivity contribution in [2.45, 2.75) is 25.3 Å². The van der Waals surface area contributed by atoms with Gasteiger partial charge in [0.05, 0.1) is 6.04 Å². The first-order chi connectivity index (χ1) is 9.15. The first-order valence-electron chi connectivity index (χ1n) is 5.99. The zero-order valence-corrected chi connectivity index (χ0v) is 10.7. The summed E-state index contributed by atoms with van der Waals surface area (Å²) in [5.74, 6) is -3.67. The molecule has 1 atom stereocenters. The van der Waals surface area contributed by atoms with Gasteiger partial charge in [0, 0.05) is 10.9 Å². The number of hydrogen-bond acceptors (Lipinski definition) is 3. The SMILES string of the molecule is Fc1cc(F)c(NC2CCCc3sccc32)nc1F. The van der Waals surface area contributed by atoms with Crippen molar-refractivity contribution < 1.29 is 13.2 Å². The van der Waals surface area contributed by atoms with Crippen molar-refractivity contribution in [1.29, 1.82) is 0 Å². The fraction of sp³-hybridized carbons (Fsp3) is 0.308. The Hall–Kier alpha value is -1.56. The third-order valence-corrected chi connectivity index (χ3v) is 4.25. The second-order valence-corrected chi connectivity index (χ2v) is 5.48. The number of aromatic nitrogens is 1. The van der Waals surface area contributed by atoms with Crippen LogP contribution in [0.15, 0.2) is 17.5 Å². The van der Waals surface area contributed by atoms with Gasteiger partial charge in [-0.3, -0.25) is 0 Å². The lowest BCUT2D eigenvalue weighted by Crippen LogP contribution is -2.17. The molecule has 1 N–H and O–H groups in total. The van der Waals surface area contributed by atoms with E-state index in [0.29, 0.717) is 6.07 Å². The maximum absolute atomic E-state index is 13.6. The molecule has 2 nitrogen and oxygen atoms in total. The molecule has 2 heterocycles. The molecule has 6 heteroatoms. The molecule has 0 saturated carbocycles. The number of nitrogens with zero attached hydrogens (tertiary/aromatic N) is 1. The largest absolute Gasteiger partial charge is 0.361 e. The predicted molar refractivity (Wildman–Crippen MR) is 67.7 cm³/mol. The van der Waals surface area contributed by atoms with Crippen LogP contribution in [0.1, 0.15) is 29.3 Å². The Morgan fingerprint density at radius 2 is 2.11 bits per heavy atom. The molecule has 1 aliphatic rings. The highest BCUT2D eigenvalue weighted by molar-refractivity contribution is 7.10. The average molecular weight is 284 g/mol. The highest BCUT2D eigenvalue weighted by Gasteiger charge is 2.23. The number of anilines is 1. The van der Waals surface area contributed by atoms with Gasteiger partial charge < -0.3 is 5.32 Å². The lowest BCUT2D eigenvalue weighted by atomic mass is 9.94. The van der Waals surface area contributed by atoms with Crippen LogP contribution < -0.4 is 5.32 Å². The summed E-state index contributed by atoms with van der Waals surface area (Å²) in [6.07, 6.45) is 2.82. The third kappa shape index (κ3) is 2.32. The normalized spacial score (nSPS) is 18.2. The van der Waals surface area contributed by atoms with E-state index in [2.05, 4.69) is 10.3 Å². The molecule has 0 bridgehead atoms. The molecule has 1 aliphatic carbocycles. The van der Waals surface area contributed by atoms with Crippen LogP contribution in [-0.2, 0) is 6.42 Å². The minimum Gasteiger partial charge on any atom is -0.361 e. The first-order valence-corrected chi connectivity index (χ1v) is 6.87. The van der Waals surface area contributed by atoms with Crippen molar-refractivity contribution >= 4 is 17.2 Å². The smallest absolute Gasteiger partial charge is 0.251 e. The van der Waals surface area contributed by atoms with E-state index in [0.717, 1.165) is 24.8 Å². The van der Waals surface area contributed by atoms with Gasteiger partial charge in [0.15, 0.2) is 17.5 Å². The van der Waals surface area contributed by atoms with Crippen LogP contribution in [0.5, 0.6) is 0 Å². The molecule has 100 valence electrons. The Bertz CT molecular complexity index is 612. The number of fused-ring (bicyclic) bond motifs is 1. The van der Waals surface area contributed by atoms with Crippen molar-refractivity contribution in [2.75, 3.05) is 5.32 Å². The van der Waals surface area contributed by atoms with E-state index >= 15 is 0 Å². The lowest BCUT2D eigenvalue weighted by molar-refractivity contribution is 0.464. The molecule has 0 fully saturated rings. The van der Waals surface area contributed by atoms with Crippen molar-refractivity contribution in [3.05, 3.63) is 45.5 Å². The van der Waals surface area contributed by atoms with Gasteiger partial charge in [-0.15, -0.1) is 11.3 Å². The van der Waals surface area contributed by atoms with E-state index in [4.69, 9.17) is 0 Å². The Labute approximate surface area is 112 Å². The second-order valence-electron chi connectivity index (χ2n) is 4.48. The first kappa shape index (κ1) is 12.5. The van der Waals surface area contributed by atoms with E-state index in [-0.39, 0.29) is 11.9 Å². The van der Waals surface area contributed by atoms with E-state index < -0.39 is 17.6 Å². The van der Waals surface area contributed by atoms with E-state index in [1.54, 1.807) is 11.3 Å². The maximum Gasteiger partial charge on any atom is 0.251 e. The highest BCUT2D eigenvalue weighted by atomic mass is 32.1. The molecular formula is C13H11F3N2S. The molecule has 1 unspecified atom stereocenters. The van der Waals surface area contributed by atoms with Crippen LogP contribution in [0.25, 0.3) is 0 Å². The Kier molecular flexibility index (Phi) is 3.18. The molecule has 0 aromatic carbocycles. The fourth-order valence-electron chi connectivity index (χ4n) is 2.35. The van der Waals surface area contributed by atoms with E-state index in [1.165, 1.54) is 4.88 Å². The van der Waals surface area contributed by atoms with Crippen molar-refractivity contribution in [3.63, 3.8) is 0 Å². The minimum atomic E-state index is -1.29. The zero-order chi connectivity index (χ0) is 13.4. The molecule has 2 aromatic rings. The molecular weight excluding hydrogens is 273 g/mol. The van der Waals surface area contributed by atoms with Crippen molar-refractivity contribution in [1.82, 2.24) is 4.98 Å². The quantitative estimate of drug-likeness (QED) is 0.842. The van der Waals surface area contributed by atoms with Gasteiger partial charge in [0.1, 0.15) is 0 Å². The minimum absolute atomic E-state index is 0.0955. The second kappa shape index (κ2) is 4.85. The zero-order valence-electron chi connectivity index (χ0n) is 9.92. The van der Waals surface area contributed by atoms with Crippen LogP contribution in [0.2, 0.25) is 0 Å². The van der Waals surface area contributed by atoms with Crippen LogP contribution in [0, 0.1) is 17.6 Å². The summed E-state index contributed by atoms with van der Waals surface area (Å²) in [5, 5.41) is 4.86. The summed E-state index contributed by atoms with van der Waals surface area (Å²) < 4.78 is 39.4. The molecule has 2 aromatic heterocycles. The molecule has 0 aliphatic heterocycles. The van der Waals surface area contributed by atoms with Gasteiger partial charge >= 0.3 is 0 Å². The molecule has 0 amide bonds. The summed E-state index contributed by atoms with van der Waals surface area (Å²) in [6, 6.07) is 2.40. The Morgan fingerprint density at radius 3 is 2.95 bits per heavy atom. The van der Waals surface area contributed by atoms with Gasteiger partial charge in [-0.05, 0) is 36.3 Å². The maximum atomic E-state index is 13.6. The lowest BCUT2D eigenvalue weighted by Gasteiger charge is -2.24. The van der Waals surface area contributed by atoms with E-state index in [1.807, 2.05) is 11.4 Å². The third-order valence-electron chi connectivity index (χ3n) is 3.25. The summed E-state index contributed by atoms with van der Waals surface area (Å²) in [4.78, 5) is 4.56.